The molecule has 0 N–H and O–H groups in total. The molecule has 0 aliphatic carbocycles. The molecule has 8 nitrogen and oxygen atoms in total. The van der Waals surface area contributed by atoms with Crippen LogP contribution in [-0.4, -0.2) is 29.7 Å². The number of amides is 1. The summed E-state index contributed by atoms with van der Waals surface area (Å²) in [5.74, 6) is -0.0379. The van der Waals surface area contributed by atoms with Crippen molar-refractivity contribution in [3.05, 3.63) is 62.7 Å². The normalized spacial score (nSPS) is 11.1. The van der Waals surface area contributed by atoms with Gasteiger partial charge in [0.15, 0.2) is 0 Å². The van der Waals surface area contributed by atoms with E-state index in [1.165, 1.54) is 19.2 Å². The Labute approximate surface area is 173 Å². The van der Waals surface area contributed by atoms with Gasteiger partial charge in [-0.1, -0.05) is 11.6 Å². The highest BCUT2D eigenvalue weighted by molar-refractivity contribution is 6.32. The van der Waals surface area contributed by atoms with E-state index in [0.29, 0.717) is 6.07 Å². The highest BCUT2D eigenvalue weighted by Crippen LogP contribution is 2.37. The third-order valence-corrected chi connectivity index (χ3v) is 3.96. The van der Waals surface area contributed by atoms with Crippen LogP contribution >= 0.6 is 11.6 Å². The van der Waals surface area contributed by atoms with Gasteiger partial charge in [0, 0.05) is 13.1 Å². The Morgan fingerprint density at radius 2 is 1.93 bits per heavy atom. The van der Waals surface area contributed by atoms with Crippen molar-refractivity contribution in [2.24, 2.45) is 0 Å². The van der Waals surface area contributed by atoms with Gasteiger partial charge in [-0.3, -0.25) is 15.0 Å². The van der Waals surface area contributed by atoms with Crippen LogP contribution in [0.2, 0.25) is 5.02 Å². The van der Waals surface area contributed by atoms with Gasteiger partial charge in [0.1, 0.15) is 18.1 Å². The first-order chi connectivity index (χ1) is 14.0. The van der Waals surface area contributed by atoms with Crippen molar-refractivity contribution in [1.82, 2.24) is 5.06 Å². The van der Waals surface area contributed by atoms with Crippen LogP contribution in [0.4, 0.5) is 23.7 Å². The number of benzene rings is 2. The number of halogens is 4. The Balaban J connectivity index is 2.23. The molecule has 0 heterocycles. The number of carbonyl (C=O) groups excluding carboxylic acids is 1. The number of nitro groups is 1. The predicted molar refractivity (Wildman–Crippen MR) is 99.2 cm³/mol. The van der Waals surface area contributed by atoms with Crippen LogP contribution in [0.3, 0.4) is 0 Å². The van der Waals surface area contributed by atoms with Crippen LogP contribution in [-0.2, 0) is 22.4 Å². The fourth-order valence-electron chi connectivity index (χ4n) is 2.28. The van der Waals surface area contributed by atoms with Crippen LogP contribution in [0.15, 0.2) is 36.4 Å². The Bertz CT molecular complexity index is 939. The standard InChI is InChI=1S/C18H16ClF3N2O6/c1-3-29-23(2)17(25)28-10-11-8-13(5-6-15(11)24(26)27)30-16-7-4-12(9-14(16)19)18(20,21)22/h4-9H,3,10H2,1-2H3. The van der Waals surface area contributed by atoms with E-state index < -0.39 is 29.4 Å². The van der Waals surface area contributed by atoms with E-state index in [9.17, 15) is 28.1 Å². The van der Waals surface area contributed by atoms with E-state index in [1.54, 1.807) is 6.92 Å². The van der Waals surface area contributed by atoms with Gasteiger partial charge in [0.2, 0.25) is 0 Å². The van der Waals surface area contributed by atoms with Crippen molar-refractivity contribution >= 4 is 23.4 Å². The predicted octanol–water partition coefficient (Wildman–Crippen LogP) is 5.58. The average Bonchev–Trinajstić information content (AvgIpc) is 2.66. The molecule has 0 fully saturated rings. The van der Waals surface area contributed by atoms with Crippen molar-refractivity contribution in [3.8, 4) is 11.5 Å². The summed E-state index contributed by atoms with van der Waals surface area (Å²) in [5, 5.41) is 11.8. The lowest BCUT2D eigenvalue weighted by Crippen LogP contribution is -2.27. The molecule has 0 atom stereocenters. The quantitative estimate of drug-likeness (QED) is 0.405. The van der Waals surface area contributed by atoms with Gasteiger partial charge in [0.05, 0.1) is 27.7 Å². The minimum atomic E-state index is -4.57. The summed E-state index contributed by atoms with van der Waals surface area (Å²) in [7, 11) is 1.31. The molecule has 1 amide bonds. The molecule has 0 aliphatic heterocycles. The second-order valence-corrected chi connectivity index (χ2v) is 6.17. The third kappa shape index (κ3) is 5.97. The van der Waals surface area contributed by atoms with E-state index >= 15 is 0 Å². The SMILES string of the molecule is CCON(C)C(=O)OCc1cc(Oc2ccc(C(F)(F)F)cc2Cl)ccc1[N+](=O)[O-]. The number of hydrogen-bond acceptors (Lipinski definition) is 6. The molecule has 30 heavy (non-hydrogen) atoms. The number of nitrogens with zero attached hydrogens (tertiary/aromatic N) is 2. The minimum Gasteiger partial charge on any atom is -0.456 e. The molecule has 0 unspecified atom stereocenters. The minimum absolute atomic E-state index is 0.00113. The van der Waals surface area contributed by atoms with Crippen molar-refractivity contribution in [2.75, 3.05) is 13.7 Å². The summed E-state index contributed by atoms with van der Waals surface area (Å²) < 4.78 is 48.6. The Morgan fingerprint density at radius 1 is 1.23 bits per heavy atom. The first-order valence-electron chi connectivity index (χ1n) is 8.38. The number of ether oxygens (including phenoxy) is 2. The Morgan fingerprint density at radius 3 is 2.50 bits per heavy atom. The lowest BCUT2D eigenvalue weighted by molar-refractivity contribution is -0.385. The molecule has 0 bridgehead atoms. The van der Waals surface area contributed by atoms with Gasteiger partial charge in [-0.15, -0.1) is 0 Å². The average molecular weight is 449 g/mol. The zero-order valence-electron chi connectivity index (χ0n) is 15.7. The molecular weight excluding hydrogens is 433 g/mol. The number of carbonyl (C=O) groups is 1. The highest BCUT2D eigenvalue weighted by atomic mass is 35.5. The van der Waals surface area contributed by atoms with Gasteiger partial charge < -0.3 is 9.47 Å². The number of rotatable bonds is 7. The first-order valence-corrected chi connectivity index (χ1v) is 8.76. The molecule has 2 aromatic carbocycles. The topological polar surface area (TPSA) is 91.1 Å². The molecule has 2 rings (SSSR count). The van der Waals surface area contributed by atoms with Crippen molar-refractivity contribution in [1.29, 1.82) is 0 Å². The van der Waals surface area contributed by atoms with Crippen LogP contribution in [0, 0.1) is 10.1 Å². The van der Waals surface area contributed by atoms with Crippen molar-refractivity contribution in [2.45, 2.75) is 19.7 Å². The summed E-state index contributed by atoms with van der Waals surface area (Å²) in [6.45, 7) is 1.40. The van der Waals surface area contributed by atoms with Gasteiger partial charge in [0.25, 0.3) is 5.69 Å². The number of hydrogen-bond donors (Lipinski definition) is 0. The fourth-order valence-corrected chi connectivity index (χ4v) is 2.50. The number of hydroxylamine groups is 2. The largest absolute Gasteiger partial charge is 0.456 e. The molecule has 2 aromatic rings. The van der Waals surface area contributed by atoms with E-state index in [1.807, 2.05) is 0 Å². The first kappa shape index (κ1) is 23.2. The summed E-state index contributed by atoms with van der Waals surface area (Å²) >= 11 is 5.85. The molecule has 0 spiro atoms. The maximum atomic E-state index is 12.7. The van der Waals surface area contributed by atoms with Gasteiger partial charge in [-0.05, 0) is 37.3 Å². The van der Waals surface area contributed by atoms with E-state index in [-0.39, 0.29) is 34.4 Å². The molecule has 0 saturated carbocycles. The van der Waals surface area contributed by atoms with Crippen molar-refractivity contribution in [3.63, 3.8) is 0 Å². The second kappa shape index (κ2) is 9.63. The zero-order valence-corrected chi connectivity index (χ0v) is 16.5. The summed E-state index contributed by atoms with van der Waals surface area (Å²) in [5.41, 5.74) is -1.29. The second-order valence-electron chi connectivity index (χ2n) is 5.76. The molecule has 0 radical (unpaired) electrons. The van der Waals surface area contributed by atoms with Crippen LogP contribution in [0.1, 0.15) is 18.1 Å². The van der Waals surface area contributed by atoms with Crippen LogP contribution in [0.5, 0.6) is 11.5 Å². The maximum absolute atomic E-state index is 12.7. The fraction of sp³-hybridized carbons (Fsp3) is 0.278. The third-order valence-electron chi connectivity index (χ3n) is 3.67. The Kier molecular flexibility index (Phi) is 7.46. The van der Waals surface area contributed by atoms with Gasteiger partial charge >= 0.3 is 12.3 Å². The molecule has 0 aliphatic rings. The highest BCUT2D eigenvalue weighted by Gasteiger charge is 2.31. The van der Waals surface area contributed by atoms with E-state index in [2.05, 4.69) is 0 Å². The maximum Gasteiger partial charge on any atom is 0.434 e. The lowest BCUT2D eigenvalue weighted by Gasteiger charge is -2.15. The lowest BCUT2D eigenvalue weighted by atomic mass is 10.1. The zero-order chi connectivity index (χ0) is 22.5. The molecular formula is C18H16ClF3N2O6. The number of nitro benzene ring substituents is 1. The van der Waals surface area contributed by atoms with Gasteiger partial charge in [-0.25, -0.2) is 4.79 Å². The van der Waals surface area contributed by atoms with Crippen molar-refractivity contribution < 1.29 is 37.2 Å². The molecule has 162 valence electrons. The molecule has 12 heteroatoms. The summed E-state index contributed by atoms with van der Waals surface area (Å²) in [4.78, 5) is 27.3. The smallest absolute Gasteiger partial charge is 0.434 e. The van der Waals surface area contributed by atoms with Crippen LogP contribution in [0.25, 0.3) is 0 Å². The van der Waals surface area contributed by atoms with Crippen LogP contribution < -0.4 is 4.74 Å². The van der Waals surface area contributed by atoms with Gasteiger partial charge in [-0.2, -0.15) is 18.2 Å². The van der Waals surface area contributed by atoms with E-state index in [4.69, 9.17) is 25.9 Å². The van der Waals surface area contributed by atoms with E-state index in [0.717, 1.165) is 23.3 Å². The number of alkyl halides is 3. The summed E-state index contributed by atoms with van der Waals surface area (Å²) in [6, 6.07) is 6.10. The monoisotopic (exact) mass is 448 g/mol. The summed E-state index contributed by atoms with van der Waals surface area (Å²) in [6.07, 6.45) is -5.44. The molecule has 0 aromatic heterocycles. The Hall–Kier alpha value is -3.05. The molecule has 0 saturated heterocycles.